The van der Waals surface area contributed by atoms with Gasteiger partial charge in [0, 0.05) is 25.5 Å². The largest absolute Gasteiger partial charge is 0.439 e. The van der Waals surface area contributed by atoms with Crippen molar-refractivity contribution in [3.63, 3.8) is 0 Å². The summed E-state index contributed by atoms with van der Waals surface area (Å²) in [4.78, 5) is 22.1. The monoisotopic (exact) mass is 330 g/mol. The lowest BCUT2D eigenvalue weighted by molar-refractivity contribution is 0.0992. The minimum absolute atomic E-state index is 0.189. The van der Waals surface area contributed by atoms with Crippen LogP contribution in [-0.4, -0.2) is 22.9 Å². The lowest BCUT2D eigenvalue weighted by atomic mass is 10.2. The Morgan fingerprint density at radius 1 is 1.12 bits per heavy atom. The Bertz CT molecular complexity index is 901. The molecular formula is C19H14N4O2. The molecule has 0 aliphatic rings. The third kappa shape index (κ3) is 3.79. The van der Waals surface area contributed by atoms with Gasteiger partial charge in [-0.05, 0) is 42.5 Å². The normalized spacial score (nSPS) is 9.92. The molecule has 3 rings (SSSR count). The Morgan fingerprint density at radius 2 is 1.92 bits per heavy atom. The molecule has 0 atom stereocenters. The third-order valence-electron chi connectivity index (χ3n) is 3.53. The summed E-state index contributed by atoms with van der Waals surface area (Å²) in [6.45, 7) is 0. The van der Waals surface area contributed by atoms with E-state index in [1.165, 1.54) is 11.1 Å². The van der Waals surface area contributed by atoms with Crippen molar-refractivity contribution in [1.82, 2.24) is 9.97 Å². The van der Waals surface area contributed by atoms with Crippen LogP contribution in [0, 0.1) is 11.3 Å². The maximum atomic E-state index is 12.5. The van der Waals surface area contributed by atoms with Gasteiger partial charge in [-0.25, -0.2) is 4.98 Å². The van der Waals surface area contributed by atoms with E-state index in [4.69, 9.17) is 10.00 Å². The summed E-state index contributed by atoms with van der Waals surface area (Å²) < 4.78 is 5.60. The summed E-state index contributed by atoms with van der Waals surface area (Å²) in [5.41, 5.74) is 1.70. The fourth-order valence-electron chi connectivity index (χ4n) is 2.15. The fraction of sp³-hybridized carbons (Fsp3) is 0.0526. The second-order valence-electron chi connectivity index (χ2n) is 5.20. The van der Waals surface area contributed by atoms with E-state index in [9.17, 15) is 4.79 Å². The number of hydrogen-bond donors (Lipinski definition) is 0. The first kappa shape index (κ1) is 16.1. The molecule has 0 radical (unpaired) electrons. The minimum atomic E-state index is -0.189. The van der Waals surface area contributed by atoms with Crippen LogP contribution in [0.25, 0.3) is 0 Å². The van der Waals surface area contributed by atoms with E-state index in [2.05, 4.69) is 9.97 Å². The van der Waals surface area contributed by atoms with Crippen molar-refractivity contribution in [3.05, 3.63) is 78.2 Å². The average molecular weight is 330 g/mol. The zero-order chi connectivity index (χ0) is 17.6. The van der Waals surface area contributed by atoms with Crippen LogP contribution < -0.4 is 9.64 Å². The topological polar surface area (TPSA) is 79.1 Å². The van der Waals surface area contributed by atoms with E-state index in [1.807, 2.05) is 6.07 Å². The number of hydrogen-bond acceptors (Lipinski definition) is 5. The predicted octanol–water partition coefficient (Wildman–Crippen LogP) is 3.42. The van der Waals surface area contributed by atoms with Crippen LogP contribution >= 0.6 is 0 Å². The van der Waals surface area contributed by atoms with E-state index in [0.29, 0.717) is 28.4 Å². The Labute approximate surface area is 145 Å². The quantitative estimate of drug-likeness (QED) is 0.732. The van der Waals surface area contributed by atoms with Gasteiger partial charge in [0.1, 0.15) is 5.75 Å². The second kappa shape index (κ2) is 7.23. The standard InChI is InChI=1S/C19H14N4O2/c1-23(16-3-2-10-21-13-16)19(24)15-6-9-18(22-12-15)25-17-7-4-14(11-20)5-8-17/h2-10,12-13H,1H3. The van der Waals surface area contributed by atoms with Gasteiger partial charge in [-0.3, -0.25) is 9.78 Å². The van der Waals surface area contributed by atoms with Crippen molar-refractivity contribution in [2.24, 2.45) is 0 Å². The first-order chi connectivity index (χ1) is 12.2. The van der Waals surface area contributed by atoms with E-state index in [-0.39, 0.29) is 5.91 Å². The van der Waals surface area contributed by atoms with E-state index in [1.54, 1.807) is 68.0 Å². The van der Waals surface area contributed by atoms with Crippen LogP contribution in [0.3, 0.4) is 0 Å². The molecule has 0 spiro atoms. The molecule has 0 bridgehead atoms. The number of nitriles is 1. The van der Waals surface area contributed by atoms with Crippen molar-refractivity contribution < 1.29 is 9.53 Å². The van der Waals surface area contributed by atoms with Gasteiger partial charge in [-0.1, -0.05) is 0 Å². The summed E-state index contributed by atoms with van der Waals surface area (Å²) in [7, 11) is 1.68. The highest BCUT2D eigenvalue weighted by atomic mass is 16.5. The van der Waals surface area contributed by atoms with Crippen molar-refractivity contribution in [3.8, 4) is 17.7 Å². The molecule has 0 fully saturated rings. The molecule has 2 aromatic heterocycles. The van der Waals surface area contributed by atoms with Gasteiger partial charge in [-0.2, -0.15) is 5.26 Å². The molecule has 6 heteroatoms. The molecule has 6 nitrogen and oxygen atoms in total. The number of amides is 1. The first-order valence-electron chi connectivity index (χ1n) is 7.49. The molecule has 0 saturated heterocycles. The molecule has 2 heterocycles. The maximum absolute atomic E-state index is 12.5. The van der Waals surface area contributed by atoms with Crippen molar-refractivity contribution in [2.75, 3.05) is 11.9 Å². The van der Waals surface area contributed by atoms with E-state index < -0.39 is 0 Å². The Kier molecular flexibility index (Phi) is 4.67. The summed E-state index contributed by atoms with van der Waals surface area (Å²) in [5, 5.41) is 8.78. The van der Waals surface area contributed by atoms with E-state index >= 15 is 0 Å². The molecule has 122 valence electrons. The second-order valence-corrected chi connectivity index (χ2v) is 5.20. The van der Waals surface area contributed by atoms with E-state index in [0.717, 1.165) is 0 Å². The molecule has 1 amide bonds. The van der Waals surface area contributed by atoms with Gasteiger partial charge in [0.2, 0.25) is 5.88 Å². The minimum Gasteiger partial charge on any atom is -0.439 e. The molecule has 25 heavy (non-hydrogen) atoms. The predicted molar refractivity (Wildman–Crippen MR) is 92.4 cm³/mol. The Hall–Kier alpha value is -3.72. The smallest absolute Gasteiger partial charge is 0.259 e. The van der Waals surface area contributed by atoms with Crippen molar-refractivity contribution >= 4 is 11.6 Å². The zero-order valence-electron chi connectivity index (χ0n) is 13.5. The van der Waals surface area contributed by atoms with Crippen LogP contribution in [0.5, 0.6) is 11.6 Å². The lowest BCUT2D eigenvalue weighted by Gasteiger charge is -2.16. The summed E-state index contributed by atoms with van der Waals surface area (Å²) in [6.07, 6.45) is 4.74. The fourth-order valence-corrected chi connectivity index (χ4v) is 2.15. The Balaban J connectivity index is 1.71. The molecule has 0 aliphatic carbocycles. The number of nitrogens with zero attached hydrogens (tertiary/aromatic N) is 4. The summed E-state index contributed by atoms with van der Waals surface area (Å²) in [6, 6.07) is 15.6. The number of aromatic nitrogens is 2. The van der Waals surface area contributed by atoms with Gasteiger partial charge in [0.25, 0.3) is 5.91 Å². The van der Waals surface area contributed by atoms with Crippen LogP contribution in [0.15, 0.2) is 67.1 Å². The molecule has 0 unspecified atom stereocenters. The summed E-state index contributed by atoms with van der Waals surface area (Å²) in [5.74, 6) is 0.744. The van der Waals surface area contributed by atoms with Crippen LogP contribution in [0.2, 0.25) is 0 Å². The number of ether oxygens (including phenoxy) is 1. The maximum Gasteiger partial charge on any atom is 0.259 e. The average Bonchev–Trinajstić information content (AvgIpc) is 2.69. The highest BCUT2D eigenvalue weighted by Gasteiger charge is 2.14. The number of carbonyl (C=O) groups excluding carboxylic acids is 1. The van der Waals surface area contributed by atoms with Gasteiger partial charge in [0.05, 0.1) is 29.1 Å². The number of carbonyl (C=O) groups is 1. The Morgan fingerprint density at radius 3 is 2.52 bits per heavy atom. The van der Waals surface area contributed by atoms with Gasteiger partial charge >= 0.3 is 0 Å². The third-order valence-corrected chi connectivity index (χ3v) is 3.53. The zero-order valence-corrected chi connectivity index (χ0v) is 13.5. The number of rotatable bonds is 4. The van der Waals surface area contributed by atoms with Crippen molar-refractivity contribution in [2.45, 2.75) is 0 Å². The highest BCUT2D eigenvalue weighted by molar-refractivity contribution is 6.05. The van der Waals surface area contributed by atoms with Gasteiger partial charge in [0.15, 0.2) is 0 Å². The SMILES string of the molecule is CN(C(=O)c1ccc(Oc2ccc(C#N)cc2)nc1)c1cccnc1. The number of anilines is 1. The molecule has 0 N–H and O–H groups in total. The molecule has 1 aromatic carbocycles. The summed E-state index contributed by atoms with van der Waals surface area (Å²) >= 11 is 0. The molecule has 0 aliphatic heterocycles. The van der Waals surface area contributed by atoms with Crippen molar-refractivity contribution in [1.29, 1.82) is 5.26 Å². The number of benzene rings is 1. The molecular weight excluding hydrogens is 316 g/mol. The van der Waals surface area contributed by atoms with Gasteiger partial charge in [-0.15, -0.1) is 0 Å². The lowest BCUT2D eigenvalue weighted by Crippen LogP contribution is -2.26. The van der Waals surface area contributed by atoms with Crippen LogP contribution in [0.4, 0.5) is 5.69 Å². The van der Waals surface area contributed by atoms with Gasteiger partial charge < -0.3 is 9.64 Å². The van der Waals surface area contributed by atoms with Crippen LogP contribution in [-0.2, 0) is 0 Å². The number of pyridine rings is 2. The molecule has 3 aromatic rings. The van der Waals surface area contributed by atoms with Crippen LogP contribution in [0.1, 0.15) is 15.9 Å². The first-order valence-corrected chi connectivity index (χ1v) is 7.49. The molecule has 0 saturated carbocycles. The highest BCUT2D eigenvalue weighted by Crippen LogP contribution is 2.20.